The summed E-state index contributed by atoms with van der Waals surface area (Å²) in [6.07, 6.45) is 88.6. The molecule has 0 aliphatic rings. The number of carbonyl (C=O) groups excluding carboxylic acids is 1. The van der Waals surface area contributed by atoms with Crippen LogP contribution in [0.3, 0.4) is 0 Å². The number of hydrogen-bond acceptors (Lipinski definition) is 3. The largest absolute Gasteiger partial charge is 0.394 e. The topological polar surface area (TPSA) is 69.6 Å². The molecule has 0 fully saturated rings. The summed E-state index contributed by atoms with van der Waals surface area (Å²) in [5.74, 6) is -0.0746. The molecule has 3 N–H and O–H groups in total. The van der Waals surface area contributed by atoms with Gasteiger partial charge in [-0.25, -0.2) is 0 Å². The monoisotopic (exact) mass is 992 g/mol. The zero-order valence-corrected chi connectivity index (χ0v) is 48.0. The fourth-order valence-electron chi connectivity index (χ4n) is 9.83. The van der Waals surface area contributed by atoms with E-state index in [0.717, 1.165) is 44.9 Å². The van der Waals surface area contributed by atoms with Crippen LogP contribution in [0, 0.1) is 0 Å². The molecule has 2 unspecified atom stereocenters. The predicted molar refractivity (Wildman–Crippen MR) is 318 cm³/mol. The standard InChI is InChI=1S/C67H125NO3/c1-3-5-7-9-11-13-15-17-19-21-23-25-26-27-28-29-30-31-32-33-34-35-36-37-38-39-40-41-42-43-45-47-49-51-53-55-57-59-61-63-67(71)68-65(64-69)66(70)62-60-58-56-54-52-50-48-46-44-24-22-20-18-16-14-12-10-8-6-4-2/h30-31,33-34,44,46,52,54,60,62,65-66,69-70H,3-29,32,35-43,45,47-51,53,55-59,61,63-64H2,1-2H3,(H,68,71)/b31-30-,34-33-,46-44+,54-52+,62-60+. The molecule has 0 saturated carbocycles. The summed E-state index contributed by atoms with van der Waals surface area (Å²) in [5, 5.41) is 23.2. The molecule has 71 heavy (non-hydrogen) atoms. The van der Waals surface area contributed by atoms with Gasteiger partial charge in [-0.05, 0) is 77.0 Å². The Morgan fingerprint density at radius 3 is 0.901 bits per heavy atom. The first-order chi connectivity index (χ1) is 35.2. The maximum absolute atomic E-state index is 12.5. The minimum atomic E-state index is -0.872. The molecule has 0 saturated heterocycles. The third-order valence-corrected chi connectivity index (χ3v) is 14.7. The van der Waals surface area contributed by atoms with Crippen molar-refractivity contribution in [3.05, 3.63) is 60.8 Å². The van der Waals surface area contributed by atoms with E-state index >= 15 is 0 Å². The average molecular weight is 993 g/mol. The molecule has 0 rings (SSSR count). The quantitative estimate of drug-likeness (QED) is 0.0420. The molecule has 0 aromatic rings. The molecule has 0 spiro atoms. The van der Waals surface area contributed by atoms with Crippen LogP contribution < -0.4 is 5.32 Å². The van der Waals surface area contributed by atoms with Gasteiger partial charge >= 0.3 is 0 Å². The summed E-state index contributed by atoms with van der Waals surface area (Å²) >= 11 is 0. The number of amides is 1. The van der Waals surface area contributed by atoms with Crippen LogP contribution in [0.15, 0.2) is 60.8 Å². The Hall–Kier alpha value is -1.91. The molecule has 0 bridgehead atoms. The van der Waals surface area contributed by atoms with Crippen molar-refractivity contribution in [2.75, 3.05) is 6.61 Å². The highest BCUT2D eigenvalue weighted by atomic mass is 16.3. The Labute approximate surface area is 445 Å². The first kappa shape index (κ1) is 69.1. The van der Waals surface area contributed by atoms with Crippen LogP contribution in [0.4, 0.5) is 0 Å². The van der Waals surface area contributed by atoms with Gasteiger partial charge in [0.15, 0.2) is 0 Å². The summed E-state index contributed by atoms with van der Waals surface area (Å²) in [5.41, 5.74) is 0. The first-order valence-electron chi connectivity index (χ1n) is 32.0. The Kier molecular flexibility index (Phi) is 60.7. The van der Waals surface area contributed by atoms with E-state index in [1.54, 1.807) is 6.08 Å². The van der Waals surface area contributed by atoms with Gasteiger partial charge in [0, 0.05) is 6.42 Å². The SMILES string of the molecule is CCCCCCCCCCCC/C=C/CC/C=C/CC/C=C/C(O)C(CO)NC(=O)CCCCCCCCCCCCCCCCCCC/C=C\C/C=C\CCCCCCCCCCCCCCCCC. The molecular weight excluding hydrogens is 867 g/mol. The molecule has 1 amide bonds. The van der Waals surface area contributed by atoms with Crippen molar-refractivity contribution < 1.29 is 15.0 Å². The zero-order chi connectivity index (χ0) is 51.3. The summed E-state index contributed by atoms with van der Waals surface area (Å²) < 4.78 is 0. The van der Waals surface area contributed by atoms with Gasteiger partial charge in [0.2, 0.25) is 5.91 Å². The van der Waals surface area contributed by atoms with Crippen molar-refractivity contribution in [2.45, 2.75) is 353 Å². The van der Waals surface area contributed by atoms with E-state index in [1.165, 1.54) is 276 Å². The lowest BCUT2D eigenvalue weighted by Crippen LogP contribution is -2.45. The van der Waals surface area contributed by atoms with E-state index in [2.05, 4.69) is 67.8 Å². The van der Waals surface area contributed by atoms with Crippen LogP contribution in [0.25, 0.3) is 0 Å². The molecule has 0 aliphatic carbocycles. The molecular formula is C67H125NO3. The van der Waals surface area contributed by atoms with Gasteiger partial charge in [0.1, 0.15) is 0 Å². The summed E-state index contributed by atoms with van der Waals surface area (Å²) in [4.78, 5) is 12.5. The maximum Gasteiger partial charge on any atom is 0.220 e. The van der Waals surface area contributed by atoms with Crippen molar-refractivity contribution in [1.82, 2.24) is 5.32 Å². The van der Waals surface area contributed by atoms with E-state index < -0.39 is 12.1 Å². The van der Waals surface area contributed by atoms with Crippen LogP contribution in [0.1, 0.15) is 341 Å². The van der Waals surface area contributed by atoms with Crippen molar-refractivity contribution in [1.29, 1.82) is 0 Å². The fraction of sp³-hybridized carbons (Fsp3) is 0.836. The molecule has 4 nitrogen and oxygen atoms in total. The second-order valence-electron chi connectivity index (χ2n) is 21.8. The Bertz CT molecular complexity index is 1170. The van der Waals surface area contributed by atoms with Crippen LogP contribution in [-0.4, -0.2) is 34.9 Å². The van der Waals surface area contributed by atoms with Gasteiger partial charge in [0.05, 0.1) is 18.8 Å². The maximum atomic E-state index is 12.5. The third kappa shape index (κ3) is 58.8. The average Bonchev–Trinajstić information content (AvgIpc) is 3.37. The van der Waals surface area contributed by atoms with Crippen LogP contribution in [0.2, 0.25) is 0 Å². The summed E-state index contributed by atoms with van der Waals surface area (Å²) in [7, 11) is 0. The van der Waals surface area contributed by atoms with Crippen molar-refractivity contribution in [3.8, 4) is 0 Å². The van der Waals surface area contributed by atoms with E-state index in [-0.39, 0.29) is 12.5 Å². The number of rotatable bonds is 59. The van der Waals surface area contributed by atoms with Crippen molar-refractivity contribution >= 4 is 5.91 Å². The first-order valence-corrected chi connectivity index (χ1v) is 32.0. The second kappa shape index (κ2) is 62.4. The smallest absolute Gasteiger partial charge is 0.220 e. The van der Waals surface area contributed by atoms with Gasteiger partial charge < -0.3 is 15.5 Å². The molecule has 2 atom stereocenters. The normalized spacial score (nSPS) is 13.1. The second-order valence-corrected chi connectivity index (χ2v) is 21.8. The molecule has 416 valence electrons. The highest BCUT2D eigenvalue weighted by Crippen LogP contribution is 2.17. The zero-order valence-electron chi connectivity index (χ0n) is 48.0. The fourth-order valence-corrected chi connectivity index (χ4v) is 9.83. The van der Waals surface area contributed by atoms with Gasteiger partial charge in [-0.3, -0.25) is 4.79 Å². The minimum Gasteiger partial charge on any atom is -0.394 e. The number of carbonyl (C=O) groups is 1. The van der Waals surface area contributed by atoms with Crippen molar-refractivity contribution in [2.24, 2.45) is 0 Å². The minimum absolute atomic E-state index is 0.0746. The third-order valence-electron chi connectivity index (χ3n) is 14.7. The highest BCUT2D eigenvalue weighted by Gasteiger charge is 2.18. The number of nitrogens with one attached hydrogen (secondary N) is 1. The van der Waals surface area contributed by atoms with Gasteiger partial charge in [-0.1, -0.05) is 319 Å². The Balaban J connectivity index is 3.47. The van der Waals surface area contributed by atoms with E-state index in [1.807, 2.05) is 6.08 Å². The van der Waals surface area contributed by atoms with Gasteiger partial charge in [0.25, 0.3) is 0 Å². The summed E-state index contributed by atoms with van der Waals surface area (Å²) in [6.45, 7) is 4.32. The predicted octanol–water partition coefficient (Wildman–Crippen LogP) is 21.5. The highest BCUT2D eigenvalue weighted by molar-refractivity contribution is 5.76. The lowest BCUT2D eigenvalue weighted by atomic mass is 10.0. The molecule has 0 aromatic carbocycles. The van der Waals surface area contributed by atoms with Crippen LogP contribution >= 0.6 is 0 Å². The van der Waals surface area contributed by atoms with E-state index in [9.17, 15) is 15.0 Å². The Morgan fingerprint density at radius 2 is 0.592 bits per heavy atom. The lowest BCUT2D eigenvalue weighted by Gasteiger charge is -2.19. The molecule has 4 heteroatoms. The number of aliphatic hydroxyl groups excluding tert-OH is 2. The van der Waals surface area contributed by atoms with E-state index in [4.69, 9.17) is 0 Å². The Morgan fingerprint density at radius 1 is 0.338 bits per heavy atom. The van der Waals surface area contributed by atoms with Crippen LogP contribution in [-0.2, 0) is 4.79 Å². The van der Waals surface area contributed by atoms with Gasteiger partial charge in [-0.2, -0.15) is 0 Å². The number of allylic oxidation sites excluding steroid dienone is 9. The molecule has 0 heterocycles. The van der Waals surface area contributed by atoms with Crippen LogP contribution in [0.5, 0.6) is 0 Å². The molecule has 0 aromatic heterocycles. The number of aliphatic hydroxyl groups is 2. The number of hydrogen-bond donors (Lipinski definition) is 3. The van der Waals surface area contributed by atoms with Gasteiger partial charge in [-0.15, -0.1) is 0 Å². The summed E-state index contributed by atoms with van der Waals surface area (Å²) in [6, 6.07) is -0.648. The molecule has 0 radical (unpaired) electrons. The number of unbranched alkanes of at least 4 members (excludes halogenated alkanes) is 44. The molecule has 0 aliphatic heterocycles. The van der Waals surface area contributed by atoms with E-state index in [0.29, 0.717) is 6.42 Å². The lowest BCUT2D eigenvalue weighted by molar-refractivity contribution is -0.123. The van der Waals surface area contributed by atoms with Crippen molar-refractivity contribution in [3.63, 3.8) is 0 Å².